The molecule has 0 radical (unpaired) electrons. The van der Waals surface area contributed by atoms with Gasteiger partial charge in [-0.05, 0) is 49.9 Å². The number of benzene rings is 1. The topological polar surface area (TPSA) is 41.6 Å². The van der Waals surface area contributed by atoms with Crippen molar-refractivity contribution in [3.63, 3.8) is 0 Å². The number of likely N-dealkylation sites (N-methyl/N-ethyl adjacent to an activating group) is 1. The van der Waals surface area contributed by atoms with Gasteiger partial charge in [-0.15, -0.1) is 12.4 Å². The third-order valence-electron chi connectivity index (χ3n) is 4.48. The first kappa shape index (κ1) is 20.8. The van der Waals surface area contributed by atoms with E-state index < -0.39 is 6.10 Å². The molecule has 0 spiro atoms. The van der Waals surface area contributed by atoms with E-state index in [0.717, 1.165) is 31.7 Å². The Morgan fingerprint density at radius 2 is 1.96 bits per heavy atom. The molecule has 1 aliphatic heterocycles. The lowest BCUT2D eigenvalue weighted by molar-refractivity contribution is -0.138. The van der Waals surface area contributed by atoms with Crippen LogP contribution < -0.4 is 10.1 Å². The summed E-state index contributed by atoms with van der Waals surface area (Å²) in [6, 6.07) is 8.36. The highest BCUT2D eigenvalue weighted by molar-refractivity contribution is 5.85. The molecule has 1 heterocycles. The minimum Gasteiger partial charge on any atom is -0.481 e. The van der Waals surface area contributed by atoms with Gasteiger partial charge in [-0.2, -0.15) is 0 Å². The second-order valence-electron chi connectivity index (χ2n) is 7.42. The first-order valence-corrected chi connectivity index (χ1v) is 8.55. The van der Waals surface area contributed by atoms with E-state index in [4.69, 9.17) is 4.74 Å². The molecule has 1 aromatic rings. The van der Waals surface area contributed by atoms with Crippen molar-refractivity contribution in [1.29, 1.82) is 0 Å². The van der Waals surface area contributed by atoms with Gasteiger partial charge in [0.15, 0.2) is 6.10 Å². The van der Waals surface area contributed by atoms with Gasteiger partial charge >= 0.3 is 0 Å². The molecule has 1 amide bonds. The molecule has 1 saturated heterocycles. The highest BCUT2D eigenvalue weighted by Crippen LogP contribution is 2.25. The van der Waals surface area contributed by atoms with E-state index in [1.807, 2.05) is 31.0 Å². The van der Waals surface area contributed by atoms with Crippen molar-refractivity contribution in [2.45, 2.75) is 58.1 Å². The van der Waals surface area contributed by atoms with Crippen LogP contribution in [0.25, 0.3) is 0 Å². The van der Waals surface area contributed by atoms with Crippen LogP contribution in [-0.4, -0.2) is 43.1 Å². The predicted octanol–water partition coefficient (Wildman–Crippen LogP) is 3.38. The van der Waals surface area contributed by atoms with Crippen molar-refractivity contribution >= 4 is 18.3 Å². The van der Waals surface area contributed by atoms with Gasteiger partial charge in [0.25, 0.3) is 5.91 Å². The Balaban J connectivity index is 0.00000288. The molecule has 24 heavy (non-hydrogen) atoms. The highest BCUT2D eigenvalue weighted by Gasteiger charge is 2.31. The molecule has 0 aromatic heterocycles. The van der Waals surface area contributed by atoms with Crippen molar-refractivity contribution in [2.75, 3.05) is 20.1 Å². The molecule has 1 aromatic carbocycles. The maximum atomic E-state index is 12.6. The average molecular weight is 355 g/mol. The van der Waals surface area contributed by atoms with Crippen LogP contribution in [0.3, 0.4) is 0 Å². The van der Waals surface area contributed by atoms with E-state index in [-0.39, 0.29) is 23.7 Å². The maximum Gasteiger partial charge on any atom is 0.263 e. The number of hydrogen-bond donors (Lipinski definition) is 1. The van der Waals surface area contributed by atoms with Crippen molar-refractivity contribution in [3.05, 3.63) is 29.8 Å². The first-order chi connectivity index (χ1) is 10.8. The lowest BCUT2D eigenvalue weighted by atomic mass is 9.87. The van der Waals surface area contributed by atoms with Crippen molar-refractivity contribution in [3.8, 4) is 5.75 Å². The van der Waals surface area contributed by atoms with Crippen LogP contribution in [0.4, 0.5) is 0 Å². The maximum absolute atomic E-state index is 12.6. The number of carbonyl (C=O) groups is 1. The number of ether oxygens (including phenoxy) is 1. The number of carbonyl (C=O) groups excluding carboxylic acids is 1. The Labute approximate surface area is 152 Å². The summed E-state index contributed by atoms with van der Waals surface area (Å²) in [6.45, 7) is 10.1. The molecule has 4 nitrogen and oxygen atoms in total. The molecule has 136 valence electrons. The van der Waals surface area contributed by atoms with E-state index in [2.05, 4.69) is 38.2 Å². The fraction of sp³-hybridized carbons (Fsp3) is 0.632. The van der Waals surface area contributed by atoms with Crippen LogP contribution >= 0.6 is 12.4 Å². The van der Waals surface area contributed by atoms with Gasteiger partial charge in [0.2, 0.25) is 0 Å². The van der Waals surface area contributed by atoms with E-state index >= 15 is 0 Å². The van der Waals surface area contributed by atoms with Crippen LogP contribution in [0.1, 0.15) is 46.1 Å². The summed E-state index contributed by atoms with van der Waals surface area (Å²) in [5.41, 5.74) is 1.38. The third-order valence-corrected chi connectivity index (χ3v) is 4.48. The Morgan fingerprint density at radius 3 is 2.50 bits per heavy atom. The molecule has 0 aliphatic carbocycles. The van der Waals surface area contributed by atoms with Crippen LogP contribution in [-0.2, 0) is 10.2 Å². The van der Waals surface area contributed by atoms with Crippen LogP contribution in [0.5, 0.6) is 5.75 Å². The largest absolute Gasteiger partial charge is 0.481 e. The molecule has 2 rings (SSSR count). The standard InChI is InChI=1S/C19H30N2O2.ClH/c1-14(18(22)21-12-6-7-16(21)13-20-5)23-17-10-8-15(9-11-17)19(2,3)4;/h8-11,14,16,20H,6-7,12-13H2,1-5H3;1H. The van der Waals surface area contributed by atoms with Gasteiger partial charge in [0, 0.05) is 19.1 Å². The number of nitrogens with one attached hydrogen (secondary N) is 1. The summed E-state index contributed by atoms with van der Waals surface area (Å²) >= 11 is 0. The smallest absolute Gasteiger partial charge is 0.263 e. The zero-order valence-corrected chi connectivity index (χ0v) is 16.3. The summed E-state index contributed by atoms with van der Waals surface area (Å²) in [7, 11) is 1.93. The van der Waals surface area contributed by atoms with E-state index in [9.17, 15) is 4.79 Å². The van der Waals surface area contributed by atoms with Gasteiger partial charge in [0.05, 0.1) is 0 Å². The van der Waals surface area contributed by atoms with Crippen LogP contribution in [0.15, 0.2) is 24.3 Å². The highest BCUT2D eigenvalue weighted by atomic mass is 35.5. The fourth-order valence-electron chi connectivity index (χ4n) is 3.10. The number of nitrogens with zero attached hydrogens (tertiary/aromatic N) is 1. The zero-order chi connectivity index (χ0) is 17.0. The van der Waals surface area contributed by atoms with E-state index in [1.54, 1.807) is 0 Å². The summed E-state index contributed by atoms with van der Waals surface area (Å²) in [5.74, 6) is 0.839. The van der Waals surface area contributed by atoms with Gasteiger partial charge in [-0.25, -0.2) is 0 Å². The quantitative estimate of drug-likeness (QED) is 0.881. The Morgan fingerprint density at radius 1 is 1.33 bits per heavy atom. The Hall–Kier alpha value is -1.26. The van der Waals surface area contributed by atoms with E-state index in [0.29, 0.717) is 6.04 Å². The Kier molecular flexibility index (Phi) is 7.56. The second kappa shape index (κ2) is 8.72. The molecule has 1 N–H and O–H groups in total. The van der Waals surface area contributed by atoms with Crippen molar-refractivity contribution in [1.82, 2.24) is 10.2 Å². The third kappa shape index (κ3) is 5.12. The van der Waals surface area contributed by atoms with Crippen LogP contribution in [0.2, 0.25) is 0 Å². The number of rotatable bonds is 5. The Bertz CT molecular complexity index is 525. The molecule has 2 atom stereocenters. The molecule has 1 fully saturated rings. The van der Waals surface area contributed by atoms with E-state index in [1.165, 1.54) is 5.56 Å². The van der Waals surface area contributed by atoms with Crippen molar-refractivity contribution in [2.24, 2.45) is 0 Å². The monoisotopic (exact) mass is 354 g/mol. The number of amides is 1. The van der Waals surface area contributed by atoms with Gasteiger partial charge < -0.3 is 15.0 Å². The summed E-state index contributed by atoms with van der Waals surface area (Å²) < 4.78 is 5.87. The molecule has 0 bridgehead atoms. The first-order valence-electron chi connectivity index (χ1n) is 8.55. The minimum atomic E-state index is -0.451. The molecule has 0 saturated carbocycles. The van der Waals surface area contributed by atoms with Gasteiger partial charge in [0.1, 0.15) is 5.75 Å². The number of likely N-dealkylation sites (tertiary alicyclic amines) is 1. The zero-order valence-electron chi connectivity index (χ0n) is 15.5. The molecule has 2 unspecified atom stereocenters. The van der Waals surface area contributed by atoms with Gasteiger partial charge in [-0.1, -0.05) is 32.9 Å². The number of halogens is 1. The van der Waals surface area contributed by atoms with Gasteiger partial charge in [-0.3, -0.25) is 4.79 Å². The van der Waals surface area contributed by atoms with Crippen molar-refractivity contribution < 1.29 is 9.53 Å². The molecular formula is C19H31ClN2O2. The molecule has 5 heteroatoms. The lowest BCUT2D eigenvalue weighted by Crippen LogP contribution is -2.46. The van der Waals surface area contributed by atoms with Crippen LogP contribution in [0, 0.1) is 0 Å². The normalized spacial score (nSPS) is 18.9. The minimum absolute atomic E-state index is 0. The second-order valence-corrected chi connectivity index (χ2v) is 7.42. The number of hydrogen-bond acceptors (Lipinski definition) is 3. The lowest BCUT2D eigenvalue weighted by Gasteiger charge is -2.27. The predicted molar refractivity (Wildman–Crippen MR) is 101 cm³/mol. The summed E-state index contributed by atoms with van der Waals surface area (Å²) in [6.07, 6.45) is 1.69. The summed E-state index contributed by atoms with van der Waals surface area (Å²) in [5, 5.41) is 3.17. The average Bonchev–Trinajstić information content (AvgIpc) is 2.94. The summed E-state index contributed by atoms with van der Waals surface area (Å²) in [4.78, 5) is 14.6. The SMILES string of the molecule is CNCC1CCCN1C(=O)C(C)Oc1ccc(C(C)(C)C)cc1.Cl. The molecule has 1 aliphatic rings. The fourth-order valence-corrected chi connectivity index (χ4v) is 3.10. The molecular weight excluding hydrogens is 324 g/mol.